The average molecular weight is 621 g/mol. The molecule has 1 aromatic carbocycles. The van der Waals surface area contributed by atoms with Gasteiger partial charge in [0.05, 0.1) is 37.2 Å². The standard InChI is InChI=1S/C30H42BrN3O6/c1-4-17(3)22(16-35)34-26(28(37)33-18-9-7-6-8-10-18)30-15-21(31)25(40-30)23(24(30)29(34)38)27(36)32-19-11-13-20(14-12-19)39-5-2/h11-14,17-18,21-26,35H,4-10,15-16H2,1-3H3,(H,32,36)(H,33,37)/t17-,21?,22-,23-,24-,25-,26?,30?/m0/s1. The lowest BCUT2D eigenvalue weighted by Gasteiger charge is -2.39. The number of hydrogen-bond acceptors (Lipinski definition) is 6. The molecule has 1 saturated carbocycles. The topological polar surface area (TPSA) is 117 Å². The number of aliphatic hydroxyl groups excluding tert-OH is 1. The first-order valence-corrected chi connectivity index (χ1v) is 15.8. The number of aliphatic hydroxyl groups is 1. The summed E-state index contributed by atoms with van der Waals surface area (Å²) in [4.78, 5) is 43.6. The molecule has 3 amide bonds. The van der Waals surface area contributed by atoms with E-state index in [2.05, 4.69) is 26.6 Å². The largest absolute Gasteiger partial charge is 0.494 e. The fraction of sp³-hybridized carbons (Fsp3) is 0.700. The van der Waals surface area contributed by atoms with Gasteiger partial charge in [-0.3, -0.25) is 14.4 Å². The molecule has 3 unspecified atom stereocenters. The van der Waals surface area contributed by atoms with Crippen LogP contribution >= 0.6 is 15.9 Å². The first-order valence-electron chi connectivity index (χ1n) is 14.8. The van der Waals surface area contributed by atoms with E-state index in [-0.39, 0.29) is 41.1 Å². The molecule has 10 heteroatoms. The van der Waals surface area contributed by atoms with E-state index in [4.69, 9.17) is 9.47 Å². The van der Waals surface area contributed by atoms with Gasteiger partial charge >= 0.3 is 0 Å². The summed E-state index contributed by atoms with van der Waals surface area (Å²) in [7, 11) is 0. The number of likely N-dealkylation sites (tertiary alicyclic amines) is 1. The maximum Gasteiger partial charge on any atom is 0.246 e. The molecule has 220 valence electrons. The summed E-state index contributed by atoms with van der Waals surface area (Å²) >= 11 is 3.73. The van der Waals surface area contributed by atoms with Gasteiger partial charge in [-0.05, 0) is 56.4 Å². The molecule has 5 rings (SSSR count). The predicted octanol–water partition coefficient (Wildman–Crippen LogP) is 3.63. The van der Waals surface area contributed by atoms with E-state index in [0.29, 0.717) is 24.5 Å². The zero-order chi connectivity index (χ0) is 28.6. The minimum Gasteiger partial charge on any atom is -0.494 e. The van der Waals surface area contributed by atoms with Crippen LogP contribution in [0.15, 0.2) is 24.3 Å². The Bertz CT molecular complexity index is 1100. The van der Waals surface area contributed by atoms with Crippen LogP contribution in [0.4, 0.5) is 5.69 Å². The van der Waals surface area contributed by atoms with Crippen LogP contribution in [0.2, 0.25) is 0 Å². The van der Waals surface area contributed by atoms with Gasteiger partial charge in [-0.2, -0.15) is 0 Å². The molecule has 3 N–H and O–H groups in total. The van der Waals surface area contributed by atoms with Gasteiger partial charge in [0.1, 0.15) is 17.4 Å². The second-order valence-electron chi connectivity index (χ2n) is 11.8. The minimum atomic E-state index is -1.14. The van der Waals surface area contributed by atoms with Crippen LogP contribution in [-0.4, -0.2) is 75.6 Å². The van der Waals surface area contributed by atoms with Crippen LogP contribution in [0.25, 0.3) is 0 Å². The van der Waals surface area contributed by atoms with E-state index in [1.54, 1.807) is 29.2 Å². The van der Waals surface area contributed by atoms with Crippen molar-refractivity contribution in [2.45, 2.75) is 100 Å². The lowest BCUT2D eigenvalue weighted by Crippen LogP contribution is -2.60. The van der Waals surface area contributed by atoms with Crippen LogP contribution in [0.1, 0.15) is 65.7 Å². The van der Waals surface area contributed by atoms with Crippen molar-refractivity contribution in [3.8, 4) is 5.75 Å². The molecule has 3 heterocycles. The van der Waals surface area contributed by atoms with Crippen molar-refractivity contribution in [1.82, 2.24) is 10.2 Å². The Labute approximate surface area is 244 Å². The third-order valence-electron chi connectivity index (χ3n) is 9.51. The van der Waals surface area contributed by atoms with Gasteiger partial charge in [-0.1, -0.05) is 55.5 Å². The van der Waals surface area contributed by atoms with Crippen molar-refractivity contribution in [1.29, 1.82) is 0 Å². The molecule has 4 aliphatic rings. The van der Waals surface area contributed by atoms with E-state index in [0.717, 1.165) is 38.5 Å². The number of nitrogens with zero attached hydrogens (tertiary/aromatic N) is 1. The number of hydrogen-bond donors (Lipinski definition) is 3. The number of rotatable bonds is 10. The molecular formula is C30H42BrN3O6. The normalized spacial score (nSPS) is 33.0. The monoisotopic (exact) mass is 619 g/mol. The Morgan fingerprint density at radius 3 is 2.50 bits per heavy atom. The van der Waals surface area contributed by atoms with E-state index in [1.807, 2.05) is 20.8 Å². The van der Waals surface area contributed by atoms with Crippen LogP contribution in [0.3, 0.4) is 0 Å². The number of halogens is 1. The summed E-state index contributed by atoms with van der Waals surface area (Å²) in [6.45, 7) is 6.18. The quantitative estimate of drug-likeness (QED) is 0.344. The fourth-order valence-electron chi connectivity index (χ4n) is 7.39. The highest BCUT2D eigenvalue weighted by molar-refractivity contribution is 9.09. The lowest BCUT2D eigenvalue weighted by molar-refractivity contribution is -0.146. The van der Waals surface area contributed by atoms with Gasteiger partial charge in [0.2, 0.25) is 17.7 Å². The number of alkyl halides is 1. The summed E-state index contributed by atoms with van der Waals surface area (Å²) in [5, 5.41) is 16.7. The molecule has 8 atom stereocenters. The van der Waals surface area contributed by atoms with Crippen molar-refractivity contribution in [2.75, 3.05) is 18.5 Å². The lowest BCUT2D eigenvalue weighted by atomic mass is 9.70. The van der Waals surface area contributed by atoms with Crippen LogP contribution in [-0.2, 0) is 19.1 Å². The molecule has 2 bridgehead atoms. The summed E-state index contributed by atoms with van der Waals surface area (Å²) in [5.74, 6) is -1.75. The SMILES string of the molecule is CCOc1ccc(NC(=O)[C@H]2[C@H]3C(=O)N([C@@H](CO)[C@@H](C)CC)C(C(=O)NC4CCCCC4)C34CC(Br)[C@@H]2O4)cc1. The highest BCUT2D eigenvalue weighted by Gasteiger charge is 2.77. The molecule has 0 aromatic heterocycles. The fourth-order valence-corrected chi connectivity index (χ4v) is 8.33. The first-order chi connectivity index (χ1) is 19.2. The predicted molar refractivity (Wildman–Crippen MR) is 154 cm³/mol. The average Bonchev–Trinajstić information content (AvgIpc) is 3.54. The molecule has 3 saturated heterocycles. The van der Waals surface area contributed by atoms with Crippen molar-refractivity contribution >= 4 is 39.3 Å². The Kier molecular flexibility index (Phi) is 8.78. The number of fused-ring (bicyclic) bond motifs is 1. The number of carbonyl (C=O) groups is 3. The summed E-state index contributed by atoms with van der Waals surface area (Å²) in [6, 6.07) is 5.71. The summed E-state index contributed by atoms with van der Waals surface area (Å²) < 4.78 is 12.1. The molecule has 1 aliphatic carbocycles. The molecule has 4 fully saturated rings. The van der Waals surface area contributed by atoms with Gasteiger partial charge in [0.25, 0.3) is 0 Å². The molecule has 40 heavy (non-hydrogen) atoms. The second kappa shape index (κ2) is 12.0. The van der Waals surface area contributed by atoms with Gasteiger partial charge in [0.15, 0.2) is 0 Å². The Hall–Kier alpha value is -2.17. The zero-order valence-electron chi connectivity index (χ0n) is 23.6. The molecule has 1 spiro atoms. The molecule has 0 radical (unpaired) electrons. The number of benzene rings is 1. The van der Waals surface area contributed by atoms with Gasteiger partial charge in [-0.25, -0.2) is 0 Å². The summed E-state index contributed by atoms with van der Waals surface area (Å²) in [5.41, 5.74) is -0.547. The van der Waals surface area contributed by atoms with Crippen LogP contribution in [0, 0.1) is 17.8 Å². The minimum absolute atomic E-state index is 0.0396. The maximum atomic E-state index is 14.3. The maximum absolute atomic E-state index is 14.3. The number of anilines is 1. The van der Waals surface area contributed by atoms with Gasteiger partial charge in [0, 0.05) is 16.6 Å². The highest BCUT2D eigenvalue weighted by Crippen LogP contribution is 2.60. The van der Waals surface area contributed by atoms with Gasteiger partial charge in [-0.15, -0.1) is 0 Å². The first kappa shape index (κ1) is 29.3. The third kappa shape index (κ3) is 5.04. The Balaban J connectivity index is 1.47. The number of nitrogens with one attached hydrogen (secondary N) is 2. The van der Waals surface area contributed by atoms with E-state index in [1.165, 1.54) is 0 Å². The van der Waals surface area contributed by atoms with Crippen LogP contribution < -0.4 is 15.4 Å². The number of amides is 3. The molecular weight excluding hydrogens is 578 g/mol. The van der Waals surface area contributed by atoms with Crippen molar-refractivity contribution in [3.63, 3.8) is 0 Å². The third-order valence-corrected chi connectivity index (χ3v) is 10.4. The number of ether oxygens (including phenoxy) is 2. The number of carbonyl (C=O) groups excluding carboxylic acids is 3. The second-order valence-corrected chi connectivity index (χ2v) is 13.0. The Morgan fingerprint density at radius 1 is 1.18 bits per heavy atom. The van der Waals surface area contributed by atoms with E-state index >= 15 is 0 Å². The zero-order valence-corrected chi connectivity index (χ0v) is 25.2. The van der Waals surface area contributed by atoms with Crippen molar-refractivity contribution in [2.24, 2.45) is 17.8 Å². The molecule has 9 nitrogen and oxygen atoms in total. The van der Waals surface area contributed by atoms with E-state index in [9.17, 15) is 19.5 Å². The highest BCUT2D eigenvalue weighted by atomic mass is 79.9. The molecule has 3 aliphatic heterocycles. The van der Waals surface area contributed by atoms with Crippen molar-refractivity contribution < 1.29 is 29.0 Å². The Morgan fingerprint density at radius 2 is 1.88 bits per heavy atom. The summed E-state index contributed by atoms with van der Waals surface area (Å²) in [6.07, 6.45) is 5.75. The van der Waals surface area contributed by atoms with E-state index < -0.39 is 35.6 Å². The molecule has 1 aromatic rings. The van der Waals surface area contributed by atoms with Gasteiger partial charge < -0.3 is 30.1 Å². The van der Waals surface area contributed by atoms with Crippen molar-refractivity contribution in [3.05, 3.63) is 24.3 Å². The smallest absolute Gasteiger partial charge is 0.246 e. The van der Waals surface area contributed by atoms with Crippen LogP contribution in [0.5, 0.6) is 5.75 Å².